The topological polar surface area (TPSA) is 162 Å². The highest BCUT2D eigenvalue weighted by molar-refractivity contribution is 5.88. The molecule has 0 saturated carbocycles. The minimum atomic E-state index is -0.535. The molecule has 0 bridgehead atoms. The average molecular weight is 616 g/mol. The van der Waals surface area contributed by atoms with Crippen molar-refractivity contribution in [3.05, 3.63) is 59.0 Å². The normalized spacial score (nSPS) is 17.7. The lowest BCUT2D eigenvalue weighted by molar-refractivity contribution is -0.384. The zero-order chi connectivity index (χ0) is 31.6. The van der Waals surface area contributed by atoms with Crippen LogP contribution >= 0.6 is 0 Å². The van der Waals surface area contributed by atoms with E-state index in [9.17, 15) is 14.9 Å². The summed E-state index contributed by atoms with van der Waals surface area (Å²) >= 11 is 0. The summed E-state index contributed by atoms with van der Waals surface area (Å²) in [6.07, 6.45) is 7.38. The van der Waals surface area contributed by atoms with Gasteiger partial charge in [-0.05, 0) is 71.1 Å². The summed E-state index contributed by atoms with van der Waals surface area (Å²) in [5, 5.41) is 17.4. The second-order valence-corrected chi connectivity index (χ2v) is 12.3. The maximum Gasteiger partial charge on any atom is 0.407 e. The molecule has 1 unspecified atom stereocenters. The predicted molar refractivity (Wildman–Crippen MR) is 168 cm³/mol. The second kappa shape index (κ2) is 12.6. The van der Waals surface area contributed by atoms with Gasteiger partial charge in [0.2, 0.25) is 5.95 Å². The molecule has 3 aromatic heterocycles. The summed E-state index contributed by atoms with van der Waals surface area (Å²) in [6.45, 7) is 7.70. The van der Waals surface area contributed by atoms with Crippen LogP contribution in [0.2, 0.25) is 0 Å². The van der Waals surface area contributed by atoms with Crippen LogP contribution in [-0.2, 0) is 9.47 Å². The molecule has 2 saturated heterocycles. The number of hydrogen-bond acceptors (Lipinski definition) is 11. The molecular formula is C31H37N9O5. The smallest absolute Gasteiger partial charge is 0.407 e. The van der Waals surface area contributed by atoms with Gasteiger partial charge in [0, 0.05) is 55.3 Å². The zero-order valence-corrected chi connectivity index (χ0v) is 25.6. The fourth-order valence-electron chi connectivity index (χ4n) is 5.59. The van der Waals surface area contributed by atoms with Gasteiger partial charge in [-0.1, -0.05) is 6.07 Å². The van der Waals surface area contributed by atoms with E-state index in [0.29, 0.717) is 29.2 Å². The molecule has 14 nitrogen and oxygen atoms in total. The number of fused-ring (bicyclic) bond motifs is 1. The molecule has 4 aromatic rings. The molecule has 14 heteroatoms. The third-order valence-corrected chi connectivity index (χ3v) is 7.76. The van der Waals surface area contributed by atoms with E-state index in [1.807, 2.05) is 37.5 Å². The van der Waals surface area contributed by atoms with Gasteiger partial charge in [0.25, 0.3) is 5.69 Å². The van der Waals surface area contributed by atoms with Gasteiger partial charge in [-0.2, -0.15) is 4.98 Å². The van der Waals surface area contributed by atoms with Crippen LogP contribution in [0.25, 0.3) is 22.4 Å². The van der Waals surface area contributed by atoms with Crippen LogP contribution in [0.1, 0.15) is 59.1 Å². The molecule has 2 aliphatic rings. The number of pyridine rings is 1. The van der Waals surface area contributed by atoms with Crippen LogP contribution in [0.15, 0.2) is 48.9 Å². The number of nitrogens with zero attached hydrogens (tertiary/aromatic N) is 7. The van der Waals surface area contributed by atoms with E-state index in [0.717, 1.165) is 56.6 Å². The Labute approximate surface area is 260 Å². The van der Waals surface area contributed by atoms with E-state index in [1.165, 1.54) is 12.1 Å². The number of hydrogen-bond donors (Lipinski definition) is 2. The first kappa shape index (κ1) is 30.2. The van der Waals surface area contributed by atoms with Crippen molar-refractivity contribution in [1.29, 1.82) is 0 Å². The number of imidazole rings is 1. The number of benzene rings is 1. The SMILES string of the molecule is CC(C)(C)OC(=O)NC1CCN(c2ccc(-c3nc(Nc4cccc([N+](=O)[O-])c4)nc4c3ncn4C3CCCCO3)cn2)CC1. The highest BCUT2D eigenvalue weighted by atomic mass is 16.6. The Morgan fingerprint density at radius 3 is 2.60 bits per heavy atom. The van der Waals surface area contributed by atoms with Crippen LogP contribution in [0.3, 0.4) is 0 Å². The van der Waals surface area contributed by atoms with Crippen LogP contribution in [-0.4, -0.2) is 66.9 Å². The van der Waals surface area contributed by atoms with Crippen LogP contribution in [0.4, 0.5) is 27.9 Å². The number of aromatic nitrogens is 5. The van der Waals surface area contributed by atoms with Crippen molar-refractivity contribution in [2.45, 2.75) is 70.7 Å². The first-order valence-electron chi connectivity index (χ1n) is 15.2. The minimum Gasteiger partial charge on any atom is -0.444 e. The van der Waals surface area contributed by atoms with E-state index >= 15 is 0 Å². The van der Waals surface area contributed by atoms with Gasteiger partial charge in [0.15, 0.2) is 5.65 Å². The van der Waals surface area contributed by atoms with Crippen LogP contribution in [0, 0.1) is 10.1 Å². The van der Waals surface area contributed by atoms with E-state index < -0.39 is 16.6 Å². The van der Waals surface area contributed by atoms with Crippen LogP contribution in [0.5, 0.6) is 0 Å². The highest BCUT2D eigenvalue weighted by Gasteiger charge is 2.25. The number of nitro groups is 1. The molecular weight excluding hydrogens is 578 g/mol. The van der Waals surface area contributed by atoms with E-state index in [4.69, 9.17) is 24.4 Å². The molecule has 1 amide bonds. The van der Waals surface area contributed by atoms with Gasteiger partial charge in [0.1, 0.15) is 28.9 Å². The summed E-state index contributed by atoms with van der Waals surface area (Å²) in [5.74, 6) is 1.11. The van der Waals surface area contributed by atoms with Crippen molar-refractivity contribution in [2.24, 2.45) is 0 Å². The Balaban J connectivity index is 1.24. The minimum absolute atomic E-state index is 0.0357. The summed E-state index contributed by atoms with van der Waals surface area (Å²) < 4.78 is 13.4. The Kier molecular flexibility index (Phi) is 8.48. The summed E-state index contributed by atoms with van der Waals surface area (Å²) in [5.41, 5.74) is 2.47. The first-order chi connectivity index (χ1) is 21.6. The zero-order valence-electron chi connectivity index (χ0n) is 25.6. The van der Waals surface area contributed by atoms with E-state index in [2.05, 4.69) is 20.5 Å². The van der Waals surface area contributed by atoms with Crippen molar-refractivity contribution in [3.63, 3.8) is 0 Å². The maximum absolute atomic E-state index is 12.2. The lowest BCUT2D eigenvalue weighted by Crippen LogP contribution is -2.46. The number of piperidine rings is 1. The molecule has 2 N–H and O–H groups in total. The van der Waals surface area contributed by atoms with Crippen molar-refractivity contribution in [3.8, 4) is 11.3 Å². The van der Waals surface area contributed by atoms with Gasteiger partial charge in [-0.25, -0.2) is 19.7 Å². The number of ether oxygens (including phenoxy) is 2. The van der Waals surface area contributed by atoms with Crippen molar-refractivity contribution < 1.29 is 19.2 Å². The number of amides is 1. The maximum atomic E-state index is 12.2. The fourth-order valence-corrected chi connectivity index (χ4v) is 5.59. The fraction of sp³-hybridized carbons (Fsp3) is 0.452. The molecule has 0 spiro atoms. The monoisotopic (exact) mass is 615 g/mol. The van der Waals surface area contributed by atoms with E-state index in [1.54, 1.807) is 24.7 Å². The highest BCUT2D eigenvalue weighted by Crippen LogP contribution is 2.32. The Morgan fingerprint density at radius 1 is 1.09 bits per heavy atom. The molecule has 45 heavy (non-hydrogen) atoms. The molecule has 1 aromatic carbocycles. The quantitative estimate of drug-likeness (QED) is 0.193. The lowest BCUT2D eigenvalue weighted by Gasteiger charge is -2.33. The largest absolute Gasteiger partial charge is 0.444 e. The Morgan fingerprint density at radius 2 is 1.91 bits per heavy atom. The van der Waals surface area contributed by atoms with Crippen molar-refractivity contribution in [2.75, 3.05) is 29.9 Å². The second-order valence-electron chi connectivity index (χ2n) is 12.3. The number of nitro benzene ring substituents is 1. The van der Waals surface area contributed by atoms with Gasteiger partial charge < -0.3 is 25.0 Å². The first-order valence-corrected chi connectivity index (χ1v) is 15.2. The predicted octanol–water partition coefficient (Wildman–Crippen LogP) is 5.73. The average Bonchev–Trinajstić information content (AvgIpc) is 3.45. The number of anilines is 3. The van der Waals surface area contributed by atoms with Gasteiger partial charge in [-0.3, -0.25) is 14.7 Å². The molecule has 236 valence electrons. The van der Waals surface area contributed by atoms with Gasteiger partial charge in [-0.15, -0.1) is 0 Å². The van der Waals surface area contributed by atoms with Crippen molar-refractivity contribution in [1.82, 2.24) is 29.8 Å². The Bertz CT molecular complexity index is 1670. The van der Waals surface area contributed by atoms with Gasteiger partial charge >= 0.3 is 6.09 Å². The Hall–Kier alpha value is -4.85. The lowest BCUT2D eigenvalue weighted by atomic mass is 10.1. The number of non-ortho nitro benzene ring substituents is 1. The molecule has 2 fully saturated rings. The standard InChI is InChI=1S/C31H37N9O5/c1-31(2,3)45-30(41)35-21-12-14-38(15-13-21)24-11-10-20(18-32-24)26-27-28(39(19-33-27)25-9-4-5-16-44-25)37-29(36-26)34-22-7-6-8-23(17-22)40(42)43/h6-8,10-11,17-19,21,25H,4-5,9,12-16H2,1-3H3,(H,35,41)(H,34,36,37). The molecule has 1 atom stereocenters. The summed E-state index contributed by atoms with van der Waals surface area (Å²) in [7, 11) is 0. The molecule has 6 rings (SSSR count). The number of alkyl carbamates (subject to hydrolysis) is 1. The molecule has 5 heterocycles. The van der Waals surface area contributed by atoms with Crippen molar-refractivity contribution >= 4 is 40.4 Å². The third-order valence-electron chi connectivity index (χ3n) is 7.76. The summed E-state index contributed by atoms with van der Waals surface area (Å²) in [4.78, 5) is 44.3. The van der Waals surface area contributed by atoms with E-state index in [-0.39, 0.29) is 23.9 Å². The molecule has 0 radical (unpaired) electrons. The third kappa shape index (κ3) is 7.11. The number of carbonyl (C=O) groups excluding carboxylic acids is 1. The van der Waals surface area contributed by atoms with Gasteiger partial charge in [0.05, 0.1) is 11.3 Å². The number of nitrogens with one attached hydrogen (secondary N) is 2. The summed E-state index contributed by atoms with van der Waals surface area (Å²) in [6, 6.07) is 10.2. The van der Waals surface area contributed by atoms with Crippen LogP contribution < -0.4 is 15.5 Å². The molecule has 0 aliphatic carbocycles. The number of rotatable bonds is 7. The number of carbonyl (C=O) groups is 1. The molecule has 2 aliphatic heterocycles.